The molecular formula is C28H18F2O4. The Morgan fingerprint density at radius 3 is 1.32 bits per heavy atom. The Kier molecular flexibility index (Phi) is 6.32. The molecule has 4 rings (SSSR count). The maximum atomic E-state index is 14.8. The van der Waals surface area contributed by atoms with E-state index in [1.54, 1.807) is 48.5 Å². The zero-order chi connectivity index (χ0) is 24.2. The summed E-state index contributed by atoms with van der Waals surface area (Å²) in [5, 5.41) is 20.2. The molecule has 6 heteroatoms. The lowest BCUT2D eigenvalue weighted by molar-refractivity contribution is -0.132. The van der Waals surface area contributed by atoms with Gasteiger partial charge < -0.3 is 10.2 Å². The Labute approximate surface area is 193 Å². The minimum absolute atomic E-state index is 0.0712. The predicted molar refractivity (Wildman–Crippen MR) is 126 cm³/mol. The van der Waals surface area contributed by atoms with Crippen molar-refractivity contribution in [3.63, 3.8) is 0 Å². The van der Waals surface area contributed by atoms with Gasteiger partial charge in [-0.2, -0.15) is 0 Å². The number of fused-ring (bicyclic) bond motifs is 1. The van der Waals surface area contributed by atoms with Crippen molar-refractivity contribution < 1.29 is 28.6 Å². The molecule has 0 aliphatic rings. The maximum absolute atomic E-state index is 14.8. The fraction of sp³-hybridized carbons (Fsp3) is 0. The minimum Gasteiger partial charge on any atom is -0.478 e. The Balaban J connectivity index is 2.11. The lowest BCUT2D eigenvalue weighted by Gasteiger charge is -2.17. The molecule has 0 unspecified atom stereocenters. The van der Waals surface area contributed by atoms with Gasteiger partial charge in [0, 0.05) is 23.3 Å². The van der Waals surface area contributed by atoms with E-state index >= 15 is 0 Å². The van der Waals surface area contributed by atoms with Crippen LogP contribution in [-0.4, -0.2) is 22.2 Å². The van der Waals surface area contributed by atoms with Gasteiger partial charge in [-0.25, -0.2) is 18.4 Å². The molecule has 2 N–H and O–H groups in total. The maximum Gasteiger partial charge on any atom is 0.328 e. The SMILES string of the molecule is O=C(O)C=C(c1ccccc1F)c1cccc2cccc(/C(=C\C(=O)O)c3ccccc3F)c12. The van der Waals surface area contributed by atoms with Crippen molar-refractivity contribution >= 4 is 33.9 Å². The van der Waals surface area contributed by atoms with E-state index in [0.29, 0.717) is 21.9 Å². The molecule has 0 atom stereocenters. The van der Waals surface area contributed by atoms with Gasteiger partial charge in [-0.15, -0.1) is 0 Å². The first kappa shape index (κ1) is 22.6. The number of aliphatic carboxylic acids is 2. The van der Waals surface area contributed by atoms with Gasteiger partial charge in [-0.05, 0) is 45.2 Å². The summed E-state index contributed by atoms with van der Waals surface area (Å²) in [6, 6.07) is 21.8. The Hall–Kier alpha value is -4.58. The van der Waals surface area contributed by atoms with E-state index in [0.717, 1.165) is 12.2 Å². The van der Waals surface area contributed by atoms with Crippen LogP contribution in [0.1, 0.15) is 22.3 Å². The molecule has 4 nitrogen and oxygen atoms in total. The lowest BCUT2D eigenvalue weighted by atomic mass is 9.86. The fourth-order valence-corrected chi connectivity index (χ4v) is 4.00. The summed E-state index contributed by atoms with van der Waals surface area (Å²) < 4.78 is 29.5. The average Bonchev–Trinajstić information content (AvgIpc) is 2.81. The molecule has 0 aliphatic heterocycles. The highest BCUT2D eigenvalue weighted by Crippen LogP contribution is 2.38. The quantitative estimate of drug-likeness (QED) is 0.341. The van der Waals surface area contributed by atoms with E-state index in [1.165, 1.54) is 36.4 Å². The van der Waals surface area contributed by atoms with Crippen LogP contribution in [-0.2, 0) is 9.59 Å². The monoisotopic (exact) mass is 456 g/mol. The van der Waals surface area contributed by atoms with Crippen molar-refractivity contribution in [3.05, 3.63) is 131 Å². The van der Waals surface area contributed by atoms with Crippen molar-refractivity contribution in [1.82, 2.24) is 0 Å². The summed E-state index contributed by atoms with van der Waals surface area (Å²) in [7, 11) is 0. The zero-order valence-corrected chi connectivity index (χ0v) is 17.7. The fourth-order valence-electron chi connectivity index (χ4n) is 4.00. The number of halogens is 2. The van der Waals surface area contributed by atoms with Gasteiger partial charge >= 0.3 is 11.9 Å². The molecule has 0 aliphatic carbocycles. The van der Waals surface area contributed by atoms with Crippen LogP contribution in [0.5, 0.6) is 0 Å². The summed E-state index contributed by atoms with van der Waals surface area (Å²) in [6.07, 6.45) is 1.82. The summed E-state index contributed by atoms with van der Waals surface area (Å²) in [5.74, 6) is -3.77. The predicted octanol–water partition coefficient (Wildman–Crippen LogP) is 6.15. The van der Waals surface area contributed by atoms with E-state index in [4.69, 9.17) is 0 Å². The Bertz CT molecular complexity index is 1380. The van der Waals surface area contributed by atoms with Gasteiger partial charge in [0.15, 0.2) is 0 Å². The third-order valence-corrected chi connectivity index (χ3v) is 5.35. The van der Waals surface area contributed by atoms with Crippen molar-refractivity contribution in [2.24, 2.45) is 0 Å². The Morgan fingerprint density at radius 2 is 0.941 bits per heavy atom. The van der Waals surface area contributed by atoms with Crippen LogP contribution in [0.2, 0.25) is 0 Å². The zero-order valence-electron chi connectivity index (χ0n) is 17.7. The first-order valence-corrected chi connectivity index (χ1v) is 10.3. The van der Waals surface area contributed by atoms with E-state index in [2.05, 4.69) is 0 Å². The number of carboxylic acids is 2. The Morgan fingerprint density at radius 1 is 0.559 bits per heavy atom. The molecule has 0 radical (unpaired) electrons. The molecule has 0 saturated carbocycles. The minimum atomic E-state index is -1.27. The summed E-state index contributed by atoms with van der Waals surface area (Å²) in [6.45, 7) is 0. The van der Waals surface area contributed by atoms with Crippen LogP contribution in [0.3, 0.4) is 0 Å². The van der Waals surface area contributed by atoms with Gasteiger partial charge in [0.2, 0.25) is 0 Å². The highest BCUT2D eigenvalue weighted by Gasteiger charge is 2.20. The molecule has 0 aromatic heterocycles. The molecule has 0 saturated heterocycles. The normalized spacial score (nSPS) is 12.1. The van der Waals surface area contributed by atoms with Gasteiger partial charge in [-0.3, -0.25) is 0 Å². The third kappa shape index (κ3) is 4.47. The van der Waals surface area contributed by atoms with Crippen molar-refractivity contribution in [1.29, 1.82) is 0 Å². The highest BCUT2D eigenvalue weighted by molar-refractivity contribution is 6.10. The van der Waals surface area contributed by atoms with E-state index in [1.807, 2.05) is 0 Å². The highest BCUT2D eigenvalue weighted by atomic mass is 19.1. The lowest BCUT2D eigenvalue weighted by Crippen LogP contribution is -2.02. The van der Waals surface area contributed by atoms with Gasteiger partial charge in [0.05, 0.1) is 0 Å². The number of carboxylic acid groups (broad SMARTS) is 2. The molecular weight excluding hydrogens is 438 g/mol. The van der Waals surface area contributed by atoms with Crippen LogP contribution >= 0.6 is 0 Å². The first-order chi connectivity index (χ1) is 16.4. The largest absolute Gasteiger partial charge is 0.478 e. The number of rotatable bonds is 6. The molecule has 4 aromatic carbocycles. The summed E-state index contributed by atoms with van der Waals surface area (Å²) in [4.78, 5) is 23.4. The molecule has 0 heterocycles. The molecule has 0 amide bonds. The second-order valence-electron chi connectivity index (χ2n) is 7.46. The molecule has 34 heavy (non-hydrogen) atoms. The summed E-state index contributed by atoms with van der Waals surface area (Å²) in [5.41, 5.74) is 1.09. The number of carbonyl (C=O) groups is 2. The van der Waals surface area contributed by atoms with Crippen molar-refractivity contribution in [2.75, 3.05) is 0 Å². The van der Waals surface area contributed by atoms with Gasteiger partial charge in [-0.1, -0.05) is 72.8 Å². The topological polar surface area (TPSA) is 74.6 Å². The number of benzene rings is 4. The van der Waals surface area contributed by atoms with Crippen molar-refractivity contribution in [2.45, 2.75) is 0 Å². The molecule has 0 fully saturated rings. The molecule has 0 bridgehead atoms. The van der Waals surface area contributed by atoms with Crippen LogP contribution in [0.4, 0.5) is 8.78 Å². The molecule has 0 spiro atoms. The second kappa shape index (κ2) is 9.50. The van der Waals surface area contributed by atoms with E-state index in [-0.39, 0.29) is 22.3 Å². The smallest absolute Gasteiger partial charge is 0.328 e. The van der Waals surface area contributed by atoms with Gasteiger partial charge in [0.1, 0.15) is 11.6 Å². The number of hydrogen-bond donors (Lipinski definition) is 2. The average molecular weight is 456 g/mol. The standard InChI is InChI=1S/C28H18F2O4/c29-24-13-3-1-9-18(24)22(15-26(31)32)20-11-5-7-17-8-6-12-21(28(17)20)23(16-27(33)34)19-10-2-4-14-25(19)30/h1-16H,(H,31,32)(H,33,34)/b22-15-,23-16?. The number of hydrogen-bond acceptors (Lipinski definition) is 2. The molecule has 4 aromatic rings. The summed E-state index contributed by atoms with van der Waals surface area (Å²) >= 11 is 0. The van der Waals surface area contributed by atoms with E-state index in [9.17, 15) is 28.6 Å². The van der Waals surface area contributed by atoms with E-state index < -0.39 is 23.6 Å². The van der Waals surface area contributed by atoms with Crippen LogP contribution in [0, 0.1) is 11.6 Å². The van der Waals surface area contributed by atoms with Crippen LogP contribution in [0.15, 0.2) is 97.1 Å². The van der Waals surface area contributed by atoms with Gasteiger partial charge in [0.25, 0.3) is 0 Å². The first-order valence-electron chi connectivity index (χ1n) is 10.3. The molecule has 168 valence electrons. The second-order valence-corrected chi connectivity index (χ2v) is 7.46. The van der Waals surface area contributed by atoms with Crippen LogP contribution in [0.25, 0.3) is 21.9 Å². The van der Waals surface area contributed by atoms with Crippen molar-refractivity contribution in [3.8, 4) is 0 Å². The van der Waals surface area contributed by atoms with Crippen LogP contribution < -0.4 is 0 Å². The third-order valence-electron chi connectivity index (χ3n) is 5.35.